The molecule has 0 unspecified atom stereocenters. The lowest BCUT2D eigenvalue weighted by Crippen LogP contribution is -2.21. The molecule has 3 aromatic rings. The maximum absolute atomic E-state index is 12.1. The van der Waals surface area contributed by atoms with Crippen LogP contribution in [0, 0.1) is 6.92 Å². The fourth-order valence-electron chi connectivity index (χ4n) is 2.62. The second-order valence-corrected chi connectivity index (χ2v) is 5.63. The van der Waals surface area contributed by atoms with E-state index in [1.165, 1.54) is 6.08 Å². The summed E-state index contributed by atoms with van der Waals surface area (Å²) >= 11 is 0. The molecule has 0 aliphatic heterocycles. The summed E-state index contributed by atoms with van der Waals surface area (Å²) in [5.41, 5.74) is 3.74. The van der Waals surface area contributed by atoms with E-state index in [2.05, 4.69) is 10.3 Å². The molecular formula is C20H21N3O2. The van der Waals surface area contributed by atoms with Gasteiger partial charge < -0.3 is 14.5 Å². The van der Waals surface area contributed by atoms with E-state index in [-0.39, 0.29) is 5.91 Å². The van der Waals surface area contributed by atoms with Crippen molar-refractivity contribution in [1.82, 2.24) is 14.7 Å². The maximum Gasteiger partial charge on any atom is 0.244 e. The molecule has 0 atom stereocenters. The van der Waals surface area contributed by atoms with E-state index in [0.717, 1.165) is 28.3 Å². The van der Waals surface area contributed by atoms with Crippen molar-refractivity contribution in [1.29, 1.82) is 0 Å². The fourth-order valence-corrected chi connectivity index (χ4v) is 2.62. The van der Waals surface area contributed by atoms with Crippen molar-refractivity contribution in [2.45, 2.75) is 20.4 Å². The lowest BCUT2D eigenvalue weighted by molar-refractivity contribution is -0.116. The first-order chi connectivity index (χ1) is 12.2. The fraction of sp³-hybridized carbons (Fsp3) is 0.200. The van der Waals surface area contributed by atoms with Gasteiger partial charge in [-0.15, -0.1) is 0 Å². The predicted molar refractivity (Wildman–Crippen MR) is 98.4 cm³/mol. The standard InChI is InChI=1S/C20H21N3O2/c1-3-25-17-10-7-16(8-11-17)9-12-20(24)21-14-18-15(2)22-19-6-4-5-13-23(18)19/h4-13H,3,14H2,1-2H3,(H,21,24)/b12-9+. The molecule has 25 heavy (non-hydrogen) atoms. The molecule has 0 aliphatic carbocycles. The molecule has 1 N–H and O–H groups in total. The van der Waals surface area contributed by atoms with Gasteiger partial charge in [0.25, 0.3) is 0 Å². The quantitative estimate of drug-likeness (QED) is 0.703. The van der Waals surface area contributed by atoms with Gasteiger partial charge >= 0.3 is 0 Å². The van der Waals surface area contributed by atoms with Gasteiger partial charge in [-0.2, -0.15) is 0 Å². The molecule has 0 saturated carbocycles. The molecule has 2 aromatic heterocycles. The van der Waals surface area contributed by atoms with Crippen LogP contribution < -0.4 is 10.1 Å². The molecule has 0 saturated heterocycles. The Balaban J connectivity index is 1.61. The Hall–Kier alpha value is -3.08. The number of carbonyl (C=O) groups is 1. The third-order valence-corrected chi connectivity index (χ3v) is 3.88. The highest BCUT2D eigenvalue weighted by Gasteiger charge is 2.08. The molecule has 0 bridgehead atoms. The number of pyridine rings is 1. The molecule has 1 aromatic carbocycles. The van der Waals surface area contributed by atoms with Crippen molar-refractivity contribution >= 4 is 17.6 Å². The minimum absolute atomic E-state index is 0.140. The minimum Gasteiger partial charge on any atom is -0.494 e. The van der Waals surface area contributed by atoms with E-state index in [1.807, 2.05) is 66.9 Å². The van der Waals surface area contributed by atoms with Crippen LogP contribution in [-0.2, 0) is 11.3 Å². The Labute approximate surface area is 147 Å². The molecule has 0 spiro atoms. The Morgan fingerprint density at radius 2 is 2.04 bits per heavy atom. The molecule has 5 nitrogen and oxygen atoms in total. The van der Waals surface area contributed by atoms with E-state index in [9.17, 15) is 4.79 Å². The summed E-state index contributed by atoms with van der Waals surface area (Å²) in [6.07, 6.45) is 5.27. The molecular weight excluding hydrogens is 314 g/mol. The number of fused-ring (bicyclic) bond motifs is 1. The van der Waals surface area contributed by atoms with Gasteiger partial charge in [0.1, 0.15) is 11.4 Å². The van der Waals surface area contributed by atoms with Crippen molar-refractivity contribution in [2.24, 2.45) is 0 Å². The molecule has 0 fully saturated rings. The highest BCUT2D eigenvalue weighted by molar-refractivity contribution is 5.91. The highest BCUT2D eigenvalue weighted by atomic mass is 16.5. The zero-order valence-corrected chi connectivity index (χ0v) is 14.4. The molecule has 5 heteroatoms. The number of nitrogens with one attached hydrogen (secondary N) is 1. The lowest BCUT2D eigenvalue weighted by atomic mass is 10.2. The first kappa shape index (κ1) is 16.8. The first-order valence-electron chi connectivity index (χ1n) is 8.28. The summed E-state index contributed by atoms with van der Waals surface area (Å²) in [6.45, 7) is 4.97. The van der Waals surface area contributed by atoms with E-state index in [4.69, 9.17) is 4.74 Å². The Morgan fingerprint density at radius 1 is 1.24 bits per heavy atom. The summed E-state index contributed by atoms with van der Waals surface area (Å²) in [5.74, 6) is 0.686. The van der Waals surface area contributed by atoms with E-state index >= 15 is 0 Å². The summed E-state index contributed by atoms with van der Waals surface area (Å²) < 4.78 is 7.39. The summed E-state index contributed by atoms with van der Waals surface area (Å²) in [7, 11) is 0. The van der Waals surface area contributed by atoms with Gasteiger partial charge in [-0.25, -0.2) is 4.98 Å². The monoisotopic (exact) mass is 335 g/mol. The van der Waals surface area contributed by atoms with Gasteiger partial charge in [-0.05, 0) is 49.8 Å². The number of hydrogen-bond donors (Lipinski definition) is 1. The zero-order chi connectivity index (χ0) is 17.6. The lowest BCUT2D eigenvalue weighted by Gasteiger charge is -2.04. The molecule has 2 heterocycles. The number of ether oxygens (including phenoxy) is 1. The van der Waals surface area contributed by atoms with Crippen molar-refractivity contribution in [3.63, 3.8) is 0 Å². The Bertz CT molecular complexity index is 895. The second kappa shape index (κ2) is 7.66. The summed E-state index contributed by atoms with van der Waals surface area (Å²) in [6, 6.07) is 13.5. The third kappa shape index (κ3) is 4.07. The number of hydrogen-bond acceptors (Lipinski definition) is 3. The smallest absolute Gasteiger partial charge is 0.244 e. The van der Waals surface area contributed by atoms with E-state index < -0.39 is 0 Å². The average Bonchev–Trinajstić information content (AvgIpc) is 2.95. The van der Waals surface area contributed by atoms with Crippen LogP contribution in [0.4, 0.5) is 0 Å². The minimum atomic E-state index is -0.140. The average molecular weight is 335 g/mol. The topological polar surface area (TPSA) is 55.6 Å². The van der Waals surface area contributed by atoms with Gasteiger partial charge in [0, 0.05) is 12.3 Å². The number of aromatic nitrogens is 2. The van der Waals surface area contributed by atoms with Gasteiger partial charge in [-0.1, -0.05) is 18.2 Å². The number of nitrogens with zero attached hydrogens (tertiary/aromatic N) is 2. The predicted octanol–water partition coefficient (Wildman–Crippen LogP) is 3.37. The maximum atomic E-state index is 12.1. The van der Waals surface area contributed by atoms with Crippen LogP contribution in [0.3, 0.4) is 0 Å². The second-order valence-electron chi connectivity index (χ2n) is 5.63. The number of aryl methyl sites for hydroxylation is 1. The number of carbonyl (C=O) groups excluding carboxylic acids is 1. The van der Waals surface area contributed by atoms with Gasteiger partial charge in [-0.3, -0.25) is 4.79 Å². The van der Waals surface area contributed by atoms with Crippen LogP contribution in [0.1, 0.15) is 23.9 Å². The van der Waals surface area contributed by atoms with Crippen LogP contribution in [-0.4, -0.2) is 21.9 Å². The molecule has 0 aliphatic rings. The van der Waals surface area contributed by atoms with E-state index in [0.29, 0.717) is 13.2 Å². The van der Waals surface area contributed by atoms with Crippen LogP contribution in [0.15, 0.2) is 54.7 Å². The van der Waals surface area contributed by atoms with Crippen LogP contribution >= 0.6 is 0 Å². The highest BCUT2D eigenvalue weighted by Crippen LogP contribution is 2.13. The number of amides is 1. The normalized spacial score (nSPS) is 11.1. The summed E-state index contributed by atoms with van der Waals surface area (Å²) in [4.78, 5) is 16.6. The zero-order valence-electron chi connectivity index (χ0n) is 14.4. The largest absolute Gasteiger partial charge is 0.494 e. The third-order valence-electron chi connectivity index (χ3n) is 3.88. The Kier molecular flexibility index (Phi) is 5.14. The van der Waals surface area contributed by atoms with E-state index in [1.54, 1.807) is 6.08 Å². The van der Waals surface area contributed by atoms with Gasteiger partial charge in [0.05, 0.1) is 24.5 Å². The number of rotatable bonds is 6. The molecule has 3 rings (SSSR count). The van der Waals surface area contributed by atoms with Crippen molar-refractivity contribution in [2.75, 3.05) is 6.61 Å². The molecule has 0 radical (unpaired) electrons. The number of benzene rings is 1. The molecule has 1 amide bonds. The van der Waals surface area contributed by atoms with Gasteiger partial charge in [0.15, 0.2) is 0 Å². The van der Waals surface area contributed by atoms with Crippen LogP contribution in [0.5, 0.6) is 5.75 Å². The summed E-state index contributed by atoms with van der Waals surface area (Å²) in [5, 5.41) is 2.91. The Morgan fingerprint density at radius 3 is 2.80 bits per heavy atom. The SMILES string of the molecule is CCOc1ccc(/C=C/C(=O)NCc2c(C)nc3ccccn23)cc1. The first-order valence-corrected chi connectivity index (χ1v) is 8.28. The van der Waals surface area contributed by atoms with Crippen molar-refractivity contribution < 1.29 is 9.53 Å². The molecule has 128 valence electrons. The van der Waals surface area contributed by atoms with Crippen molar-refractivity contribution in [3.8, 4) is 5.75 Å². The van der Waals surface area contributed by atoms with Crippen LogP contribution in [0.2, 0.25) is 0 Å². The van der Waals surface area contributed by atoms with Gasteiger partial charge in [0.2, 0.25) is 5.91 Å². The number of imidazole rings is 1. The van der Waals surface area contributed by atoms with Crippen LogP contribution in [0.25, 0.3) is 11.7 Å². The van der Waals surface area contributed by atoms with Crippen molar-refractivity contribution in [3.05, 3.63) is 71.7 Å².